The van der Waals surface area contributed by atoms with Crippen LogP contribution in [-0.4, -0.2) is 106 Å². The Kier molecular flexibility index (Phi) is 20.7. The molecule has 0 radical (unpaired) electrons. The van der Waals surface area contributed by atoms with Crippen LogP contribution in [0.15, 0.2) is 40.7 Å². The second-order valence-electron chi connectivity index (χ2n) is 13.7. The Balaban J connectivity index is 2.14. The van der Waals surface area contributed by atoms with Gasteiger partial charge in [0.2, 0.25) is 35.4 Å². The molecule has 318 valence electrons. The minimum Gasteiger partial charge on any atom is -0.370 e. The molecule has 4 atom stereocenters. The fraction of sp³-hybridized carbons (Fsp3) is 0.514. The smallest absolute Gasteiger partial charge is 0.243 e. The van der Waals surface area contributed by atoms with E-state index in [0.29, 0.717) is 35.1 Å². The van der Waals surface area contributed by atoms with E-state index in [9.17, 15) is 28.8 Å². The minimum atomic E-state index is -1.22. The zero-order chi connectivity index (χ0) is 43.4. The molecule has 4 unspecified atom stereocenters. The maximum Gasteiger partial charge on any atom is 0.243 e. The van der Waals surface area contributed by atoms with Crippen molar-refractivity contribution in [1.29, 1.82) is 0 Å². The average molecular weight is 844 g/mol. The summed E-state index contributed by atoms with van der Waals surface area (Å²) < 4.78 is 0. The van der Waals surface area contributed by atoms with Crippen LogP contribution in [0.4, 0.5) is 0 Å². The number of carbonyl (C=O) groups excluding carboxylic acids is 6. The highest BCUT2D eigenvalue weighted by Gasteiger charge is 2.31. The van der Waals surface area contributed by atoms with E-state index in [2.05, 4.69) is 63.3 Å². The Bertz CT molecular complexity index is 1850. The summed E-state index contributed by atoms with van der Waals surface area (Å²) in [6.07, 6.45) is 1.68. The summed E-state index contributed by atoms with van der Waals surface area (Å²) in [6, 6.07) is 3.04. The number of para-hydroxylation sites is 1. The van der Waals surface area contributed by atoms with Crippen molar-refractivity contribution in [1.82, 2.24) is 53.1 Å². The molecule has 2 aromatic rings. The second kappa shape index (κ2) is 24.8. The number of aromatic amines is 1. The highest BCUT2D eigenvalue weighted by molar-refractivity contribution is 7.80. The van der Waals surface area contributed by atoms with Crippen LogP contribution in [0.25, 0.3) is 10.9 Å². The number of rotatable bonds is 22. The molecule has 0 aliphatic heterocycles. The third-order valence-corrected chi connectivity index (χ3v) is 9.21. The predicted molar refractivity (Wildman–Crippen MR) is 231 cm³/mol. The second-order valence-corrected chi connectivity index (χ2v) is 14.5. The molecule has 58 heavy (non-hydrogen) atoms. The summed E-state index contributed by atoms with van der Waals surface area (Å²) in [4.78, 5) is 81.3. The van der Waals surface area contributed by atoms with Crippen molar-refractivity contribution in [3.63, 3.8) is 0 Å². The lowest BCUT2D eigenvalue weighted by molar-refractivity contribution is -0.134. The lowest BCUT2D eigenvalue weighted by Gasteiger charge is -2.26. The van der Waals surface area contributed by atoms with Crippen LogP contribution in [0.2, 0.25) is 0 Å². The van der Waals surface area contributed by atoms with Crippen molar-refractivity contribution in [3.8, 4) is 0 Å². The number of amides is 6. The first kappa shape index (κ1) is 48.4. The highest BCUT2D eigenvalue weighted by Crippen LogP contribution is 2.19. The van der Waals surface area contributed by atoms with Gasteiger partial charge in [-0.05, 0) is 82.5 Å². The topological polar surface area (TPSA) is 277 Å². The summed E-state index contributed by atoms with van der Waals surface area (Å²) >= 11 is 10.2. The zero-order valence-corrected chi connectivity index (χ0v) is 35.6. The number of carbonyl (C=O) groups is 6. The fourth-order valence-corrected chi connectivity index (χ4v) is 5.47. The number of hydrogen-bond donors (Lipinski definition) is 11. The third kappa shape index (κ3) is 16.8. The summed E-state index contributed by atoms with van der Waals surface area (Å²) in [5, 5.41) is 28.7. The third-order valence-electron chi connectivity index (χ3n) is 8.68. The number of thiocarbonyl (C=S) groups is 2. The number of hydrogen-bond acceptors (Lipinski definition) is 10. The maximum atomic E-state index is 13.8. The quantitative estimate of drug-likeness (QED) is 0.0319. The molecule has 0 saturated heterocycles. The van der Waals surface area contributed by atoms with Crippen molar-refractivity contribution in [2.75, 3.05) is 20.1 Å². The summed E-state index contributed by atoms with van der Waals surface area (Å²) in [6.45, 7) is 10.9. The van der Waals surface area contributed by atoms with Crippen molar-refractivity contribution < 1.29 is 28.8 Å². The number of benzene rings is 1. The molecule has 19 nitrogen and oxygen atoms in total. The average Bonchev–Trinajstić information content (AvgIpc) is 3.59. The van der Waals surface area contributed by atoms with Crippen LogP contribution in [0.5, 0.6) is 0 Å². The van der Waals surface area contributed by atoms with Crippen molar-refractivity contribution in [2.24, 2.45) is 21.9 Å². The first-order chi connectivity index (χ1) is 27.5. The Hall–Kier alpha value is -5.70. The van der Waals surface area contributed by atoms with E-state index < -0.39 is 53.7 Å². The summed E-state index contributed by atoms with van der Waals surface area (Å²) in [7, 11) is 1.66. The van der Waals surface area contributed by atoms with E-state index in [1.807, 2.05) is 24.3 Å². The highest BCUT2D eigenvalue weighted by atomic mass is 32.1. The van der Waals surface area contributed by atoms with E-state index >= 15 is 0 Å². The first-order valence-electron chi connectivity index (χ1n) is 18.9. The standard InChI is InChI=1S/C37H57N13O6S2/c1-8-40-35(56)31(20(2)3)46-32(53)23(6)43-34(55)28(18-24-19-42-26-13-10-9-12-25(24)26)45-33(54)27(15-16-29(38)51)44-30(52)14-11-17-41-37(58)50-48-22(5)21(4)47-49-36(57)39-7/h9-10,12-13,19-20,23,27-28,31,42H,8,11,14-18H2,1-7H3,(H2,38,51)(H,40,56)(H,43,55)(H,44,52)(H,45,54)(H,46,53)(H2,39,49,57)(H2,41,50,58)/b47-21+,48-22+. The van der Waals surface area contributed by atoms with E-state index in [1.165, 1.54) is 6.92 Å². The van der Waals surface area contributed by atoms with Gasteiger partial charge in [0, 0.05) is 56.5 Å². The van der Waals surface area contributed by atoms with E-state index in [0.717, 1.165) is 10.9 Å². The van der Waals surface area contributed by atoms with Gasteiger partial charge < -0.3 is 47.9 Å². The zero-order valence-electron chi connectivity index (χ0n) is 34.0. The molecule has 21 heteroatoms. The van der Waals surface area contributed by atoms with Gasteiger partial charge in [0.25, 0.3) is 0 Å². The summed E-state index contributed by atoms with van der Waals surface area (Å²) in [5.74, 6) is -3.79. The molecular formula is C37H57N13O6S2. The Morgan fingerprint density at radius 1 is 0.793 bits per heavy atom. The van der Waals surface area contributed by atoms with Gasteiger partial charge in [-0.15, -0.1) is 0 Å². The number of likely N-dealkylation sites (N-methyl/N-ethyl adjacent to an activating group) is 1. The van der Waals surface area contributed by atoms with E-state index in [-0.39, 0.29) is 49.2 Å². The SMILES string of the molecule is CCNC(=O)C(NC(=O)C(C)NC(=O)C(Cc1c[nH]c2ccccc12)NC(=O)C(CCC(N)=O)NC(=O)CCCNC(=S)N/N=C(C)/C(C)=N/NC(=S)NC)C(C)C. The molecule has 0 aliphatic rings. The van der Waals surface area contributed by atoms with Crippen LogP contribution >= 0.6 is 24.4 Å². The van der Waals surface area contributed by atoms with Crippen molar-refractivity contribution >= 4 is 92.4 Å². The molecule has 1 heterocycles. The van der Waals surface area contributed by atoms with Gasteiger partial charge in [-0.3, -0.25) is 39.6 Å². The molecule has 1 aromatic heterocycles. The van der Waals surface area contributed by atoms with Gasteiger partial charge in [-0.1, -0.05) is 32.0 Å². The predicted octanol–water partition coefficient (Wildman–Crippen LogP) is -0.183. The minimum absolute atomic E-state index is 0.0107. The first-order valence-corrected chi connectivity index (χ1v) is 19.7. The Labute approximate surface area is 349 Å². The Morgan fingerprint density at radius 2 is 1.43 bits per heavy atom. The number of hydrazone groups is 2. The van der Waals surface area contributed by atoms with Gasteiger partial charge in [-0.25, -0.2) is 0 Å². The molecule has 0 fully saturated rings. The van der Waals surface area contributed by atoms with Crippen molar-refractivity contribution in [3.05, 3.63) is 36.0 Å². The molecule has 0 saturated carbocycles. The largest absolute Gasteiger partial charge is 0.370 e. The van der Waals surface area contributed by atoms with Gasteiger partial charge in [-0.2, -0.15) is 10.2 Å². The molecule has 12 N–H and O–H groups in total. The number of primary amides is 1. The number of fused-ring (bicyclic) bond motifs is 1. The van der Waals surface area contributed by atoms with Crippen LogP contribution in [0.3, 0.4) is 0 Å². The summed E-state index contributed by atoms with van der Waals surface area (Å²) in [5.41, 5.74) is 13.4. The molecule has 2 rings (SSSR count). The number of H-pyrrole nitrogens is 1. The van der Waals surface area contributed by atoms with Crippen molar-refractivity contribution in [2.45, 2.75) is 97.8 Å². The van der Waals surface area contributed by atoms with Gasteiger partial charge >= 0.3 is 0 Å². The lowest BCUT2D eigenvalue weighted by Crippen LogP contribution is -2.58. The van der Waals surface area contributed by atoms with Gasteiger partial charge in [0.15, 0.2) is 10.2 Å². The monoisotopic (exact) mass is 843 g/mol. The van der Waals surface area contributed by atoms with Crippen LogP contribution in [-0.2, 0) is 35.2 Å². The number of nitrogens with one attached hydrogen (secondary N) is 10. The molecule has 1 aromatic carbocycles. The van der Waals surface area contributed by atoms with Gasteiger partial charge in [0.1, 0.15) is 24.2 Å². The van der Waals surface area contributed by atoms with E-state index in [1.54, 1.807) is 47.9 Å². The fourth-order valence-electron chi connectivity index (χ4n) is 5.28. The molecule has 0 aliphatic carbocycles. The van der Waals surface area contributed by atoms with Crippen LogP contribution in [0, 0.1) is 5.92 Å². The number of aromatic nitrogens is 1. The molecule has 0 bridgehead atoms. The molecule has 0 spiro atoms. The van der Waals surface area contributed by atoms with Gasteiger partial charge in [0.05, 0.1) is 11.4 Å². The normalized spacial score (nSPS) is 13.6. The van der Waals surface area contributed by atoms with Crippen LogP contribution < -0.4 is 53.8 Å². The maximum absolute atomic E-state index is 13.8. The Morgan fingerprint density at radius 3 is 2.05 bits per heavy atom. The lowest BCUT2D eigenvalue weighted by atomic mass is 10.0. The number of nitrogens with two attached hydrogens (primary N) is 1. The van der Waals surface area contributed by atoms with Crippen LogP contribution in [0.1, 0.15) is 72.8 Å². The number of nitrogens with zero attached hydrogens (tertiary/aromatic N) is 2. The van der Waals surface area contributed by atoms with E-state index in [4.69, 9.17) is 30.2 Å². The molecular weight excluding hydrogens is 787 g/mol. The molecule has 6 amide bonds.